The summed E-state index contributed by atoms with van der Waals surface area (Å²) in [6, 6.07) is 5.98. The Balaban J connectivity index is 3.00. The lowest BCUT2D eigenvalue weighted by Crippen LogP contribution is -2.21. The molecule has 0 aliphatic carbocycles. The summed E-state index contributed by atoms with van der Waals surface area (Å²) < 4.78 is 37.3. The molecule has 0 heterocycles. The van der Waals surface area contributed by atoms with Crippen LogP contribution in [0.1, 0.15) is 36.8 Å². The highest BCUT2D eigenvalue weighted by molar-refractivity contribution is 5.63. The Kier molecular flexibility index (Phi) is 3.73. The summed E-state index contributed by atoms with van der Waals surface area (Å²) in [6.45, 7) is 3.91. The standard InChI is InChI=1S/C12H13F3O/c1-8(2)9-3-5-10(6-4-9)11(7-16)12(13,14)15/h3-8,11H,1-2H3. The van der Waals surface area contributed by atoms with Gasteiger partial charge in [-0.05, 0) is 17.0 Å². The van der Waals surface area contributed by atoms with Crippen LogP contribution in [0.15, 0.2) is 24.3 Å². The second-order valence-electron chi connectivity index (χ2n) is 3.98. The van der Waals surface area contributed by atoms with Gasteiger partial charge in [-0.2, -0.15) is 13.2 Å². The van der Waals surface area contributed by atoms with Crippen molar-refractivity contribution in [3.8, 4) is 0 Å². The summed E-state index contributed by atoms with van der Waals surface area (Å²) in [4.78, 5) is 10.5. The molecule has 0 N–H and O–H groups in total. The maximum absolute atomic E-state index is 12.4. The Labute approximate surface area is 92.3 Å². The van der Waals surface area contributed by atoms with Crippen molar-refractivity contribution in [2.75, 3.05) is 0 Å². The zero-order chi connectivity index (χ0) is 12.3. The Morgan fingerprint density at radius 2 is 1.50 bits per heavy atom. The van der Waals surface area contributed by atoms with E-state index >= 15 is 0 Å². The van der Waals surface area contributed by atoms with Crippen molar-refractivity contribution >= 4 is 6.29 Å². The molecule has 0 spiro atoms. The van der Waals surface area contributed by atoms with E-state index in [-0.39, 0.29) is 17.8 Å². The molecule has 0 amide bonds. The van der Waals surface area contributed by atoms with E-state index in [0.29, 0.717) is 0 Å². The fourth-order valence-corrected chi connectivity index (χ4v) is 1.43. The van der Waals surface area contributed by atoms with Gasteiger partial charge in [0.15, 0.2) is 0 Å². The SMILES string of the molecule is CC(C)c1ccc(C(C=O)C(F)(F)F)cc1. The summed E-state index contributed by atoms with van der Waals surface area (Å²) in [5.74, 6) is -1.76. The van der Waals surface area contributed by atoms with Crippen LogP contribution in [-0.4, -0.2) is 12.5 Å². The first-order valence-corrected chi connectivity index (χ1v) is 4.98. The fraction of sp³-hybridized carbons (Fsp3) is 0.417. The summed E-state index contributed by atoms with van der Waals surface area (Å²) in [5, 5.41) is 0. The van der Waals surface area contributed by atoms with Gasteiger partial charge in [-0.15, -0.1) is 0 Å². The minimum absolute atomic E-state index is 0.00750. The number of carbonyl (C=O) groups is 1. The molecule has 0 aromatic heterocycles. The molecule has 16 heavy (non-hydrogen) atoms. The Bertz CT molecular complexity index is 352. The third kappa shape index (κ3) is 2.84. The highest BCUT2D eigenvalue weighted by Crippen LogP contribution is 2.33. The van der Waals surface area contributed by atoms with Crippen LogP contribution >= 0.6 is 0 Å². The number of alkyl halides is 3. The molecule has 0 saturated heterocycles. The molecule has 0 fully saturated rings. The van der Waals surface area contributed by atoms with E-state index in [2.05, 4.69) is 0 Å². The molecule has 1 rings (SSSR count). The Morgan fingerprint density at radius 1 is 1.06 bits per heavy atom. The highest BCUT2D eigenvalue weighted by Gasteiger charge is 2.40. The van der Waals surface area contributed by atoms with E-state index in [0.717, 1.165) is 5.56 Å². The molecular weight excluding hydrogens is 217 g/mol. The third-order valence-electron chi connectivity index (χ3n) is 2.45. The van der Waals surface area contributed by atoms with Crippen molar-refractivity contribution in [1.29, 1.82) is 0 Å². The first-order chi connectivity index (χ1) is 7.36. The highest BCUT2D eigenvalue weighted by atomic mass is 19.4. The van der Waals surface area contributed by atoms with Crippen molar-refractivity contribution in [2.24, 2.45) is 0 Å². The van der Waals surface area contributed by atoms with Gasteiger partial charge < -0.3 is 4.79 Å². The lowest BCUT2D eigenvalue weighted by atomic mass is 9.96. The monoisotopic (exact) mass is 230 g/mol. The number of halogens is 3. The van der Waals surface area contributed by atoms with Crippen molar-refractivity contribution in [2.45, 2.75) is 31.9 Å². The second kappa shape index (κ2) is 4.68. The van der Waals surface area contributed by atoms with Crippen LogP contribution < -0.4 is 0 Å². The van der Waals surface area contributed by atoms with Gasteiger partial charge >= 0.3 is 6.18 Å². The third-order valence-corrected chi connectivity index (χ3v) is 2.45. The van der Waals surface area contributed by atoms with E-state index in [1.165, 1.54) is 12.1 Å². The van der Waals surface area contributed by atoms with Crippen molar-refractivity contribution in [3.05, 3.63) is 35.4 Å². The van der Waals surface area contributed by atoms with Crippen LogP contribution in [0.5, 0.6) is 0 Å². The molecule has 88 valence electrons. The van der Waals surface area contributed by atoms with Gasteiger partial charge in [0.1, 0.15) is 12.2 Å². The van der Waals surface area contributed by atoms with Gasteiger partial charge in [0, 0.05) is 0 Å². The minimum atomic E-state index is -4.51. The first-order valence-electron chi connectivity index (χ1n) is 4.98. The van der Waals surface area contributed by atoms with E-state index < -0.39 is 12.1 Å². The Hall–Kier alpha value is -1.32. The number of benzene rings is 1. The number of carbonyl (C=O) groups excluding carboxylic acids is 1. The van der Waals surface area contributed by atoms with Gasteiger partial charge in [-0.1, -0.05) is 38.1 Å². The molecule has 0 bridgehead atoms. The number of hydrogen-bond acceptors (Lipinski definition) is 1. The van der Waals surface area contributed by atoms with Crippen molar-refractivity contribution in [1.82, 2.24) is 0 Å². The maximum Gasteiger partial charge on any atom is 0.402 e. The van der Waals surface area contributed by atoms with E-state index in [1.54, 1.807) is 12.1 Å². The molecule has 0 saturated carbocycles. The van der Waals surface area contributed by atoms with Gasteiger partial charge in [-0.3, -0.25) is 0 Å². The van der Waals surface area contributed by atoms with Crippen LogP contribution in [0, 0.1) is 0 Å². The molecule has 0 aliphatic rings. The van der Waals surface area contributed by atoms with Gasteiger partial charge in [0.05, 0.1) is 0 Å². The van der Waals surface area contributed by atoms with Crippen LogP contribution in [0.2, 0.25) is 0 Å². The Morgan fingerprint density at radius 3 is 1.81 bits per heavy atom. The normalized spacial score (nSPS) is 13.9. The molecular formula is C12H13F3O. The van der Waals surface area contributed by atoms with E-state index in [9.17, 15) is 18.0 Å². The molecule has 0 aliphatic heterocycles. The van der Waals surface area contributed by atoms with E-state index in [1.807, 2.05) is 13.8 Å². The summed E-state index contributed by atoms with van der Waals surface area (Å²) >= 11 is 0. The van der Waals surface area contributed by atoms with Crippen LogP contribution in [0.4, 0.5) is 13.2 Å². The lowest BCUT2D eigenvalue weighted by molar-refractivity contribution is -0.155. The topological polar surface area (TPSA) is 17.1 Å². The van der Waals surface area contributed by atoms with Gasteiger partial charge in [0.2, 0.25) is 0 Å². The number of aldehydes is 1. The van der Waals surface area contributed by atoms with Crippen LogP contribution in [0.3, 0.4) is 0 Å². The van der Waals surface area contributed by atoms with Crippen molar-refractivity contribution in [3.63, 3.8) is 0 Å². The summed E-state index contributed by atoms with van der Waals surface area (Å²) in [7, 11) is 0. The summed E-state index contributed by atoms with van der Waals surface area (Å²) in [6.07, 6.45) is -4.58. The molecule has 1 aromatic carbocycles. The predicted molar refractivity (Wildman–Crippen MR) is 55.4 cm³/mol. The van der Waals surface area contributed by atoms with Crippen LogP contribution in [0.25, 0.3) is 0 Å². The minimum Gasteiger partial charge on any atom is -0.302 e. The number of hydrogen-bond donors (Lipinski definition) is 0. The molecule has 4 heteroatoms. The molecule has 0 radical (unpaired) electrons. The van der Waals surface area contributed by atoms with E-state index in [4.69, 9.17) is 0 Å². The molecule has 1 nitrogen and oxygen atoms in total. The average molecular weight is 230 g/mol. The first kappa shape index (κ1) is 12.7. The molecule has 1 unspecified atom stereocenters. The fourth-order valence-electron chi connectivity index (χ4n) is 1.43. The van der Waals surface area contributed by atoms with Crippen molar-refractivity contribution < 1.29 is 18.0 Å². The average Bonchev–Trinajstić information content (AvgIpc) is 2.17. The van der Waals surface area contributed by atoms with Gasteiger partial charge in [-0.25, -0.2) is 0 Å². The zero-order valence-corrected chi connectivity index (χ0v) is 9.08. The summed E-state index contributed by atoms with van der Waals surface area (Å²) in [5.41, 5.74) is 0.947. The largest absolute Gasteiger partial charge is 0.402 e. The van der Waals surface area contributed by atoms with Crippen LogP contribution in [-0.2, 0) is 4.79 Å². The maximum atomic E-state index is 12.4. The lowest BCUT2D eigenvalue weighted by Gasteiger charge is -2.15. The molecule has 1 aromatic rings. The second-order valence-corrected chi connectivity index (χ2v) is 3.98. The smallest absolute Gasteiger partial charge is 0.302 e. The van der Waals surface area contributed by atoms with Gasteiger partial charge in [0.25, 0.3) is 0 Å². The quantitative estimate of drug-likeness (QED) is 0.724. The molecule has 1 atom stereocenters. The zero-order valence-electron chi connectivity index (χ0n) is 9.08. The number of rotatable bonds is 3. The predicted octanol–water partition coefficient (Wildman–Crippen LogP) is 3.65.